The first-order valence-corrected chi connectivity index (χ1v) is 8.95. The van der Waals surface area contributed by atoms with E-state index in [0.29, 0.717) is 6.01 Å². The summed E-state index contributed by atoms with van der Waals surface area (Å²) >= 11 is 0. The molecular weight excluding hydrogens is 314 g/mol. The molecule has 0 spiro atoms. The molecule has 0 bridgehead atoms. The number of rotatable bonds is 6. The third-order valence-electron chi connectivity index (χ3n) is 4.53. The number of fused-ring (bicyclic) bond motifs is 1. The van der Waals surface area contributed by atoms with E-state index < -0.39 is 0 Å². The van der Waals surface area contributed by atoms with Crippen LogP contribution in [0.2, 0.25) is 0 Å². The van der Waals surface area contributed by atoms with Gasteiger partial charge < -0.3 is 14.5 Å². The van der Waals surface area contributed by atoms with E-state index >= 15 is 0 Å². The lowest BCUT2D eigenvalue weighted by atomic mass is 10.1. The molecule has 0 amide bonds. The van der Waals surface area contributed by atoms with E-state index in [1.54, 1.807) is 0 Å². The number of H-pyrrole nitrogens is 1. The predicted molar refractivity (Wildman–Crippen MR) is 98.4 cm³/mol. The minimum Gasteiger partial charge on any atom is -0.492 e. The van der Waals surface area contributed by atoms with Gasteiger partial charge in [-0.3, -0.25) is 4.90 Å². The molecule has 4 rings (SSSR count). The van der Waals surface area contributed by atoms with Crippen LogP contribution in [0, 0.1) is 0 Å². The number of ether oxygens (including phenoxy) is 2. The standard InChI is InChI=1S/C20H23N3O2/c1-4-12-23(13-5-1)14-15-24-16-8-10-17(11-9-16)25-20-21-18-6-2-3-7-19(18)22-20/h2-3,6-11H,1,4-5,12-15H2,(H,21,22). The first kappa shape index (κ1) is 16.0. The van der Waals surface area contributed by atoms with Crippen LogP contribution < -0.4 is 9.47 Å². The second-order valence-corrected chi connectivity index (χ2v) is 6.38. The average molecular weight is 337 g/mol. The van der Waals surface area contributed by atoms with Crippen molar-refractivity contribution in [2.45, 2.75) is 19.3 Å². The maximum atomic E-state index is 5.84. The monoisotopic (exact) mass is 337 g/mol. The number of piperidine rings is 1. The Bertz CT molecular complexity index is 774. The molecule has 2 heterocycles. The Labute approximate surface area is 147 Å². The van der Waals surface area contributed by atoms with Gasteiger partial charge in [-0.05, 0) is 62.3 Å². The van der Waals surface area contributed by atoms with Crippen molar-refractivity contribution in [3.8, 4) is 17.5 Å². The van der Waals surface area contributed by atoms with E-state index in [9.17, 15) is 0 Å². The number of hydrogen-bond acceptors (Lipinski definition) is 4. The minimum absolute atomic E-state index is 0.500. The van der Waals surface area contributed by atoms with Crippen LogP contribution in [0.25, 0.3) is 11.0 Å². The number of para-hydroxylation sites is 2. The Kier molecular flexibility index (Phi) is 4.84. The minimum atomic E-state index is 0.500. The van der Waals surface area contributed by atoms with Gasteiger partial charge in [0.15, 0.2) is 0 Å². The summed E-state index contributed by atoms with van der Waals surface area (Å²) < 4.78 is 11.6. The van der Waals surface area contributed by atoms with E-state index in [4.69, 9.17) is 9.47 Å². The largest absolute Gasteiger partial charge is 0.492 e. The highest BCUT2D eigenvalue weighted by Crippen LogP contribution is 2.24. The molecule has 5 nitrogen and oxygen atoms in total. The van der Waals surface area contributed by atoms with Gasteiger partial charge in [0, 0.05) is 6.54 Å². The zero-order valence-corrected chi connectivity index (χ0v) is 14.3. The number of benzene rings is 2. The normalized spacial score (nSPS) is 15.4. The summed E-state index contributed by atoms with van der Waals surface area (Å²) in [7, 11) is 0. The highest BCUT2D eigenvalue weighted by molar-refractivity contribution is 5.75. The van der Waals surface area contributed by atoms with Crippen LogP contribution in [0.1, 0.15) is 19.3 Å². The lowest BCUT2D eigenvalue weighted by molar-refractivity contribution is 0.183. The van der Waals surface area contributed by atoms with Crippen LogP contribution in [-0.2, 0) is 0 Å². The van der Waals surface area contributed by atoms with Crippen LogP contribution in [0.4, 0.5) is 0 Å². The highest BCUT2D eigenvalue weighted by atomic mass is 16.5. The van der Waals surface area contributed by atoms with Crippen molar-refractivity contribution < 1.29 is 9.47 Å². The summed E-state index contributed by atoms with van der Waals surface area (Å²) in [6, 6.07) is 16.1. The summed E-state index contributed by atoms with van der Waals surface area (Å²) in [5.74, 6) is 1.61. The number of hydrogen-bond donors (Lipinski definition) is 1. The molecule has 1 aromatic heterocycles. The van der Waals surface area contributed by atoms with Crippen LogP contribution in [0.15, 0.2) is 48.5 Å². The molecule has 0 radical (unpaired) electrons. The second kappa shape index (κ2) is 7.57. The van der Waals surface area contributed by atoms with Gasteiger partial charge in [-0.2, -0.15) is 4.98 Å². The molecule has 5 heteroatoms. The lowest BCUT2D eigenvalue weighted by Crippen LogP contribution is -2.33. The molecule has 0 aliphatic carbocycles. The number of nitrogens with zero attached hydrogens (tertiary/aromatic N) is 2. The van der Waals surface area contributed by atoms with Gasteiger partial charge in [0.25, 0.3) is 6.01 Å². The van der Waals surface area contributed by atoms with Crippen LogP contribution in [0.3, 0.4) is 0 Å². The predicted octanol–water partition coefficient (Wildman–Crippen LogP) is 4.22. The van der Waals surface area contributed by atoms with E-state index in [0.717, 1.165) is 35.7 Å². The van der Waals surface area contributed by atoms with Crippen molar-refractivity contribution in [3.05, 3.63) is 48.5 Å². The molecule has 130 valence electrons. The summed E-state index contributed by atoms with van der Waals surface area (Å²) in [6.45, 7) is 4.13. The molecule has 0 unspecified atom stereocenters. The molecule has 2 aromatic carbocycles. The third kappa shape index (κ3) is 4.12. The zero-order valence-electron chi connectivity index (χ0n) is 14.3. The number of aromatic nitrogens is 2. The Balaban J connectivity index is 1.30. The van der Waals surface area contributed by atoms with E-state index in [2.05, 4.69) is 14.9 Å². The molecule has 1 aliphatic rings. The Hall–Kier alpha value is -2.53. The fourth-order valence-electron chi connectivity index (χ4n) is 3.17. The molecule has 25 heavy (non-hydrogen) atoms. The maximum absolute atomic E-state index is 5.84. The first-order chi connectivity index (χ1) is 12.4. The smallest absolute Gasteiger partial charge is 0.300 e. The van der Waals surface area contributed by atoms with Gasteiger partial charge >= 0.3 is 0 Å². The van der Waals surface area contributed by atoms with Gasteiger partial charge in [-0.25, -0.2) is 0 Å². The number of likely N-dealkylation sites (tertiary alicyclic amines) is 1. The summed E-state index contributed by atoms with van der Waals surface area (Å²) in [5.41, 5.74) is 1.87. The Morgan fingerprint density at radius 3 is 2.48 bits per heavy atom. The van der Waals surface area contributed by atoms with Gasteiger partial charge in [0.05, 0.1) is 11.0 Å². The summed E-state index contributed by atoms with van der Waals surface area (Å²) in [5, 5.41) is 0. The van der Waals surface area contributed by atoms with E-state index in [1.807, 2.05) is 48.5 Å². The van der Waals surface area contributed by atoms with Crippen molar-refractivity contribution in [2.75, 3.05) is 26.2 Å². The van der Waals surface area contributed by atoms with Crippen LogP contribution in [0.5, 0.6) is 17.5 Å². The summed E-state index contributed by atoms with van der Waals surface area (Å²) in [4.78, 5) is 10.1. The SMILES string of the molecule is c1ccc2[nH]c(Oc3ccc(OCCN4CCCCC4)cc3)nc2c1. The molecule has 3 aromatic rings. The Morgan fingerprint density at radius 2 is 1.68 bits per heavy atom. The van der Waals surface area contributed by atoms with Crippen molar-refractivity contribution in [1.82, 2.24) is 14.9 Å². The van der Waals surface area contributed by atoms with Crippen molar-refractivity contribution >= 4 is 11.0 Å². The van der Waals surface area contributed by atoms with Gasteiger partial charge in [0.2, 0.25) is 0 Å². The van der Waals surface area contributed by atoms with E-state index in [1.165, 1.54) is 32.4 Å². The van der Waals surface area contributed by atoms with Crippen molar-refractivity contribution in [2.24, 2.45) is 0 Å². The lowest BCUT2D eigenvalue weighted by Gasteiger charge is -2.26. The maximum Gasteiger partial charge on any atom is 0.300 e. The van der Waals surface area contributed by atoms with Gasteiger partial charge in [0.1, 0.15) is 18.1 Å². The quantitative estimate of drug-likeness (QED) is 0.732. The topological polar surface area (TPSA) is 50.4 Å². The summed E-state index contributed by atoms with van der Waals surface area (Å²) in [6.07, 6.45) is 3.99. The number of aromatic amines is 1. The first-order valence-electron chi connectivity index (χ1n) is 8.95. The molecular formula is C20H23N3O2. The third-order valence-corrected chi connectivity index (χ3v) is 4.53. The zero-order chi connectivity index (χ0) is 16.9. The molecule has 1 N–H and O–H groups in total. The molecule has 1 saturated heterocycles. The second-order valence-electron chi connectivity index (χ2n) is 6.38. The fourth-order valence-corrected chi connectivity index (χ4v) is 3.17. The number of nitrogens with one attached hydrogen (secondary N) is 1. The molecule has 1 aliphatic heterocycles. The molecule has 1 fully saturated rings. The fraction of sp³-hybridized carbons (Fsp3) is 0.350. The average Bonchev–Trinajstić information content (AvgIpc) is 3.06. The van der Waals surface area contributed by atoms with Crippen molar-refractivity contribution in [1.29, 1.82) is 0 Å². The highest BCUT2D eigenvalue weighted by Gasteiger charge is 2.09. The van der Waals surface area contributed by atoms with Crippen LogP contribution in [-0.4, -0.2) is 41.1 Å². The van der Waals surface area contributed by atoms with Crippen molar-refractivity contribution in [3.63, 3.8) is 0 Å². The molecule has 0 atom stereocenters. The Morgan fingerprint density at radius 1 is 0.920 bits per heavy atom. The number of imidazole rings is 1. The van der Waals surface area contributed by atoms with Gasteiger partial charge in [-0.15, -0.1) is 0 Å². The van der Waals surface area contributed by atoms with Gasteiger partial charge in [-0.1, -0.05) is 18.6 Å². The molecule has 0 saturated carbocycles. The van der Waals surface area contributed by atoms with Crippen LogP contribution >= 0.6 is 0 Å². The van der Waals surface area contributed by atoms with E-state index in [-0.39, 0.29) is 0 Å².